The van der Waals surface area contributed by atoms with Gasteiger partial charge in [-0.2, -0.15) is 5.10 Å². The van der Waals surface area contributed by atoms with E-state index in [1.807, 2.05) is 11.7 Å². The summed E-state index contributed by atoms with van der Waals surface area (Å²) < 4.78 is 3.20. The van der Waals surface area contributed by atoms with Gasteiger partial charge >= 0.3 is 0 Å². The van der Waals surface area contributed by atoms with E-state index in [1.165, 1.54) is 9.13 Å². The van der Waals surface area contributed by atoms with Gasteiger partial charge in [-0.05, 0) is 61.4 Å². The van der Waals surface area contributed by atoms with E-state index in [-0.39, 0.29) is 6.04 Å². The van der Waals surface area contributed by atoms with Gasteiger partial charge in [-0.15, -0.1) is 0 Å². The molecule has 0 saturated heterocycles. The molecule has 0 spiro atoms. The van der Waals surface area contributed by atoms with Gasteiger partial charge in [-0.25, -0.2) is 0 Å². The van der Waals surface area contributed by atoms with Crippen molar-refractivity contribution in [2.24, 2.45) is 0 Å². The molecule has 2 rings (SSSR count). The fraction of sp³-hybridized carbons (Fsp3) is 0.400. The Morgan fingerprint density at radius 2 is 2.19 bits per heavy atom. The summed E-state index contributed by atoms with van der Waals surface area (Å²) in [4.78, 5) is 2.14. The Hall–Kier alpha value is -0.630. The van der Waals surface area contributed by atoms with E-state index in [0.29, 0.717) is 5.02 Å². The normalized spacial score (nSPS) is 12.9. The van der Waals surface area contributed by atoms with E-state index in [2.05, 4.69) is 76.3 Å². The molecule has 0 bridgehead atoms. The van der Waals surface area contributed by atoms with Gasteiger partial charge in [0.1, 0.15) is 0 Å². The van der Waals surface area contributed by atoms with Crippen LogP contribution in [0.5, 0.6) is 0 Å². The van der Waals surface area contributed by atoms with Crippen molar-refractivity contribution in [3.63, 3.8) is 0 Å². The van der Waals surface area contributed by atoms with E-state index in [1.54, 1.807) is 6.20 Å². The first-order valence-electron chi connectivity index (χ1n) is 6.81. The third-order valence-electron chi connectivity index (χ3n) is 3.34. The second kappa shape index (κ2) is 7.58. The second-order valence-corrected chi connectivity index (χ2v) is 6.83. The standard InChI is InChI=1S/C15H20ClIN4/c1-18-14(11-5-4-6-12(17)9-11)15-13(16)10-19-21(15)8-7-20(2)3/h4-6,9-10,14,18H,7-8H2,1-3H3. The Bertz CT molecular complexity index is 597. The monoisotopic (exact) mass is 418 g/mol. The number of benzene rings is 1. The van der Waals surface area contributed by atoms with E-state index < -0.39 is 0 Å². The first-order chi connectivity index (χ1) is 10.0. The summed E-state index contributed by atoms with van der Waals surface area (Å²) in [6, 6.07) is 8.47. The van der Waals surface area contributed by atoms with E-state index >= 15 is 0 Å². The number of rotatable bonds is 6. The molecule has 4 nitrogen and oxygen atoms in total. The van der Waals surface area contributed by atoms with Crippen molar-refractivity contribution in [3.8, 4) is 0 Å². The van der Waals surface area contributed by atoms with Crippen LogP contribution in [0, 0.1) is 3.57 Å². The molecule has 0 aliphatic rings. The van der Waals surface area contributed by atoms with E-state index in [9.17, 15) is 0 Å². The van der Waals surface area contributed by atoms with Crippen molar-refractivity contribution in [3.05, 3.63) is 50.3 Å². The topological polar surface area (TPSA) is 33.1 Å². The van der Waals surface area contributed by atoms with Crippen LogP contribution in [0.1, 0.15) is 17.3 Å². The van der Waals surface area contributed by atoms with Crippen molar-refractivity contribution < 1.29 is 0 Å². The predicted molar refractivity (Wildman–Crippen MR) is 95.9 cm³/mol. The zero-order valence-electron chi connectivity index (χ0n) is 12.5. The first-order valence-corrected chi connectivity index (χ1v) is 8.27. The smallest absolute Gasteiger partial charge is 0.0837 e. The molecule has 1 aromatic heterocycles. The summed E-state index contributed by atoms with van der Waals surface area (Å²) in [5.74, 6) is 0. The number of hydrogen-bond donors (Lipinski definition) is 1. The zero-order valence-corrected chi connectivity index (χ0v) is 15.4. The minimum absolute atomic E-state index is 0.0388. The van der Waals surface area contributed by atoms with Gasteiger partial charge in [0, 0.05) is 10.1 Å². The van der Waals surface area contributed by atoms with Gasteiger partial charge in [0.15, 0.2) is 0 Å². The summed E-state index contributed by atoms with van der Waals surface area (Å²) in [5, 5.41) is 8.48. The van der Waals surface area contributed by atoms with Crippen LogP contribution in [0.4, 0.5) is 0 Å². The van der Waals surface area contributed by atoms with Crippen LogP contribution in [0.15, 0.2) is 30.5 Å². The predicted octanol–water partition coefficient (Wildman–Crippen LogP) is 3.01. The minimum Gasteiger partial charge on any atom is -0.308 e. The van der Waals surface area contributed by atoms with Crippen molar-refractivity contribution in [2.75, 3.05) is 27.7 Å². The SMILES string of the molecule is CNC(c1cccc(I)c1)c1c(Cl)cnn1CCN(C)C. The molecular formula is C15H20ClIN4. The molecule has 0 radical (unpaired) electrons. The quantitative estimate of drug-likeness (QED) is 0.732. The zero-order chi connectivity index (χ0) is 15.4. The second-order valence-electron chi connectivity index (χ2n) is 5.18. The lowest BCUT2D eigenvalue weighted by Crippen LogP contribution is -2.25. The minimum atomic E-state index is 0.0388. The lowest BCUT2D eigenvalue weighted by molar-refractivity contribution is 0.366. The third-order valence-corrected chi connectivity index (χ3v) is 4.30. The Kier molecular flexibility index (Phi) is 6.04. The molecule has 1 unspecified atom stereocenters. The van der Waals surface area contributed by atoms with Crippen LogP contribution >= 0.6 is 34.2 Å². The maximum atomic E-state index is 6.38. The van der Waals surface area contributed by atoms with Crippen LogP contribution in [0.3, 0.4) is 0 Å². The lowest BCUT2D eigenvalue weighted by atomic mass is 10.0. The van der Waals surface area contributed by atoms with Crippen molar-refractivity contribution >= 4 is 34.2 Å². The fourth-order valence-corrected chi connectivity index (χ4v) is 3.10. The highest BCUT2D eigenvalue weighted by Gasteiger charge is 2.21. The van der Waals surface area contributed by atoms with Crippen LogP contribution in [0.2, 0.25) is 5.02 Å². The molecule has 1 N–H and O–H groups in total. The number of aromatic nitrogens is 2. The van der Waals surface area contributed by atoms with Crippen LogP contribution < -0.4 is 5.32 Å². The number of nitrogens with zero attached hydrogens (tertiary/aromatic N) is 3. The summed E-state index contributed by atoms with van der Waals surface area (Å²) >= 11 is 8.71. The molecule has 1 aromatic carbocycles. The Labute approximate surface area is 144 Å². The van der Waals surface area contributed by atoms with Crippen LogP contribution in [-0.4, -0.2) is 42.4 Å². The molecule has 0 aliphatic carbocycles. The Balaban J connectivity index is 2.35. The van der Waals surface area contributed by atoms with E-state index in [4.69, 9.17) is 11.6 Å². The summed E-state index contributed by atoms with van der Waals surface area (Å²) in [5.41, 5.74) is 2.21. The molecule has 0 amide bonds. The van der Waals surface area contributed by atoms with Crippen molar-refractivity contribution in [2.45, 2.75) is 12.6 Å². The van der Waals surface area contributed by atoms with Gasteiger partial charge in [0.2, 0.25) is 0 Å². The maximum absolute atomic E-state index is 6.38. The molecule has 0 fully saturated rings. The Morgan fingerprint density at radius 1 is 1.43 bits per heavy atom. The van der Waals surface area contributed by atoms with Gasteiger partial charge in [-0.1, -0.05) is 23.7 Å². The highest BCUT2D eigenvalue weighted by molar-refractivity contribution is 14.1. The summed E-state index contributed by atoms with van der Waals surface area (Å²) in [6.45, 7) is 1.74. The van der Waals surface area contributed by atoms with Crippen molar-refractivity contribution in [1.82, 2.24) is 20.0 Å². The van der Waals surface area contributed by atoms with E-state index in [0.717, 1.165) is 18.8 Å². The highest BCUT2D eigenvalue weighted by atomic mass is 127. The van der Waals surface area contributed by atoms with Crippen molar-refractivity contribution in [1.29, 1.82) is 0 Å². The number of likely N-dealkylation sites (N-methyl/N-ethyl adjacent to an activating group) is 1. The maximum Gasteiger partial charge on any atom is 0.0837 e. The molecule has 0 aliphatic heterocycles. The van der Waals surface area contributed by atoms with Gasteiger partial charge in [-0.3, -0.25) is 4.68 Å². The van der Waals surface area contributed by atoms with Gasteiger partial charge in [0.25, 0.3) is 0 Å². The lowest BCUT2D eigenvalue weighted by Gasteiger charge is -2.20. The number of halogens is 2. The highest BCUT2D eigenvalue weighted by Crippen LogP contribution is 2.28. The van der Waals surface area contributed by atoms with Gasteiger partial charge < -0.3 is 10.2 Å². The number of nitrogens with one attached hydrogen (secondary N) is 1. The number of hydrogen-bond acceptors (Lipinski definition) is 3. The molecule has 21 heavy (non-hydrogen) atoms. The molecule has 1 atom stereocenters. The van der Waals surface area contributed by atoms with Crippen LogP contribution in [0.25, 0.3) is 0 Å². The largest absolute Gasteiger partial charge is 0.308 e. The summed E-state index contributed by atoms with van der Waals surface area (Å²) in [6.07, 6.45) is 1.73. The van der Waals surface area contributed by atoms with Gasteiger partial charge in [0.05, 0.1) is 29.5 Å². The summed E-state index contributed by atoms with van der Waals surface area (Å²) in [7, 11) is 6.06. The average Bonchev–Trinajstić information content (AvgIpc) is 2.79. The molecule has 1 heterocycles. The third kappa shape index (κ3) is 4.18. The average molecular weight is 419 g/mol. The molecule has 6 heteroatoms. The fourth-order valence-electron chi connectivity index (χ4n) is 2.28. The first kappa shape index (κ1) is 16.7. The molecule has 2 aromatic rings. The molecule has 0 saturated carbocycles. The molecular weight excluding hydrogens is 399 g/mol. The molecule has 114 valence electrons. The Morgan fingerprint density at radius 3 is 2.81 bits per heavy atom. The van der Waals surface area contributed by atoms with Crippen LogP contribution in [-0.2, 0) is 6.54 Å².